The minimum Gasteiger partial charge on any atom is -0.327 e. The van der Waals surface area contributed by atoms with E-state index in [0.29, 0.717) is 12.0 Å². The van der Waals surface area contributed by atoms with Crippen molar-refractivity contribution in [2.45, 2.75) is 32.4 Å². The third-order valence-electron chi connectivity index (χ3n) is 5.00. The van der Waals surface area contributed by atoms with Crippen molar-refractivity contribution in [3.63, 3.8) is 0 Å². The molecule has 2 aromatic rings. The quantitative estimate of drug-likeness (QED) is 0.906. The number of aromatic nitrogens is 2. The van der Waals surface area contributed by atoms with Crippen LogP contribution in [-0.4, -0.2) is 33.4 Å². The third kappa shape index (κ3) is 2.22. The summed E-state index contributed by atoms with van der Waals surface area (Å²) in [7, 11) is 0. The van der Waals surface area contributed by atoms with Crippen LogP contribution in [0.15, 0.2) is 16.2 Å². The van der Waals surface area contributed by atoms with Gasteiger partial charge in [-0.05, 0) is 31.6 Å². The highest BCUT2D eigenvalue weighted by atomic mass is 32.1. The SMILES string of the molecule is Cc1csc2nc(CN3CC4CCC(N)C4C3)cc(=O)n12. The summed E-state index contributed by atoms with van der Waals surface area (Å²) in [6, 6.07) is 2.04. The van der Waals surface area contributed by atoms with E-state index in [1.165, 1.54) is 24.2 Å². The van der Waals surface area contributed by atoms with Gasteiger partial charge in [0, 0.05) is 42.8 Å². The summed E-state index contributed by atoms with van der Waals surface area (Å²) in [6.45, 7) is 4.86. The number of nitrogens with zero attached hydrogens (tertiary/aromatic N) is 3. The van der Waals surface area contributed by atoms with Gasteiger partial charge in [-0.1, -0.05) is 0 Å². The Bertz CT molecular complexity index is 737. The van der Waals surface area contributed by atoms with Gasteiger partial charge in [0.2, 0.25) is 0 Å². The van der Waals surface area contributed by atoms with Crippen LogP contribution in [0.1, 0.15) is 24.2 Å². The van der Waals surface area contributed by atoms with Crippen LogP contribution in [0, 0.1) is 18.8 Å². The molecule has 0 amide bonds. The van der Waals surface area contributed by atoms with E-state index in [4.69, 9.17) is 5.73 Å². The summed E-state index contributed by atoms with van der Waals surface area (Å²) >= 11 is 1.53. The molecule has 4 rings (SSSR count). The van der Waals surface area contributed by atoms with Gasteiger partial charge in [-0.3, -0.25) is 14.1 Å². The normalized spacial score (nSPS) is 29.3. The number of thiazole rings is 1. The molecular weight excluding hydrogens is 284 g/mol. The Hall–Kier alpha value is -1.24. The van der Waals surface area contributed by atoms with Crippen molar-refractivity contribution in [2.75, 3.05) is 13.1 Å². The van der Waals surface area contributed by atoms with Gasteiger partial charge in [-0.25, -0.2) is 4.98 Å². The highest BCUT2D eigenvalue weighted by Gasteiger charge is 2.40. The van der Waals surface area contributed by atoms with Crippen LogP contribution in [0.4, 0.5) is 0 Å². The molecule has 2 N–H and O–H groups in total. The lowest BCUT2D eigenvalue weighted by Crippen LogP contribution is -2.30. The Labute approximate surface area is 127 Å². The van der Waals surface area contributed by atoms with Crippen LogP contribution in [0.25, 0.3) is 4.96 Å². The molecule has 1 saturated heterocycles. The van der Waals surface area contributed by atoms with E-state index >= 15 is 0 Å². The molecule has 3 unspecified atom stereocenters. The molecule has 0 spiro atoms. The fourth-order valence-corrected chi connectivity index (χ4v) is 4.83. The Kier molecular flexibility index (Phi) is 3.13. The molecule has 0 radical (unpaired) electrons. The number of nitrogens with two attached hydrogens (primary N) is 1. The zero-order chi connectivity index (χ0) is 14.6. The largest absolute Gasteiger partial charge is 0.327 e. The van der Waals surface area contributed by atoms with Gasteiger partial charge in [0.05, 0.1) is 5.69 Å². The smallest absolute Gasteiger partial charge is 0.259 e. The van der Waals surface area contributed by atoms with Crippen molar-refractivity contribution in [1.82, 2.24) is 14.3 Å². The zero-order valence-electron chi connectivity index (χ0n) is 12.2. The van der Waals surface area contributed by atoms with Crippen molar-refractivity contribution in [3.05, 3.63) is 33.2 Å². The number of hydrogen-bond acceptors (Lipinski definition) is 5. The van der Waals surface area contributed by atoms with Crippen molar-refractivity contribution < 1.29 is 0 Å². The molecule has 0 aromatic carbocycles. The second kappa shape index (κ2) is 4.90. The predicted molar refractivity (Wildman–Crippen MR) is 83.5 cm³/mol. The Morgan fingerprint density at radius 3 is 3.10 bits per heavy atom. The first-order valence-corrected chi connectivity index (χ1v) is 8.44. The summed E-state index contributed by atoms with van der Waals surface area (Å²) in [5.41, 5.74) is 8.06. The van der Waals surface area contributed by atoms with Crippen LogP contribution >= 0.6 is 11.3 Å². The predicted octanol–water partition coefficient (Wildman–Crippen LogP) is 1.23. The summed E-state index contributed by atoms with van der Waals surface area (Å²) in [4.78, 5) is 20.0. The Morgan fingerprint density at radius 2 is 2.29 bits per heavy atom. The molecule has 1 saturated carbocycles. The minimum atomic E-state index is 0.0323. The van der Waals surface area contributed by atoms with E-state index in [1.54, 1.807) is 10.5 Å². The van der Waals surface area contributed by atoms with Crippen molar-refractivity contribution in [2.24, 2.45) is 17.6 Å². The molecule has 6 heteroatoms. The molecule has 3 heterocycles. The summed E-state index contributed by atoms with van der Waals surface area (Å²) in [5, 5.41) is 1.98. The lowest BCUT2D eigenvalue weighted by Gasteiger charge is -2.17. The van der Waals surface area contributed by atoms with E-state index in [9.17, 15) is 4.79 Å². The van der Waals surface area contributed by atoms with Gasteiger partial charge in [0.15, 0.2) is 4.96 Å². The first-order chi connectivity index (χ1) is 10.1. The van der Waals surface area contributed by atoms with Gasteiger partial charge < -0.3 is 5.73 Å². The molecule has 1 aliphatic heterocycles. The Morgan fingerprint density at radius 1 is 1.43 bits per heavy atom. The monoisotopic (exact) mass is 304 g/mol. The average molecular weight is 304 g/mol. The molecule has 2 aromatic heterocycles. The van der Waals surface area contributed by atoms with Crippen LogP contribution < -0.4 is 11.3 Å². The van der Waals surface area contributed by atoms with Gasteiger partial charge in [-0.2, -0.15) is 0 Å². The molecule has 112 valence electrons. The van der Waals surface area contributed by atoms with E-state index in [0.717, 1.165) is 41.9 Å². The standard InChI is InChI=1S/C15H20N4OS/c1-9-8-21-15-17-11(4-14(20)19(9)15)6-18-5-10-2-3-13(16)12(10)7-18/h4,8,10,12-13H,2-3,5-7,16H2,1H3. The second-order valence-electron chi connectivity index (χ2n) is 6.44. The molecule has 3 atom stereocenters. The van der Waals surface area contributed by atoms with Gasteiger partial charge >= 0.3 is 0 Å². The molecule has 5 nitrogen and oxygen atoms in total. The summed E-state index contributed by atoms with van der Waals surface area (Å²) < 4.78 is 1.68. The lowest BCUT2D eigenvalue weighted by atomic mass is 9.98. The zero-order valence-corrected chi connectivity index (χ0v) is 13.0. The minimum absolute atomic E-state index is 0.0323. The third-order valence-corrected chi connectivity index (χ3v) is 5.95. The first-order valence-electron chi connectivity index (χ1n) is 7.56. The maximum Gasteiger partial charge on any atom is 0.259 e. The van der Waals surface area contributed by atoms with Crippen LogP contribution in [-0.2, 0) is 6.54 Å². The number of hydrogen-bond donors (Lipinski definition) is 1. The number of aryl methyl sites for hydroxylation is 1. The maximum absolute atomic E-state index is 12.2. The maximum atomic E-state index is 12.2. The summed E-state index contributed by atoms with van der Waals surface area (Å²) in [6.07, 6.45) is 2.42. The van der Waals surface area contributed by atoms with Crippen molar-refractivity contribution >= 4 is 16.3 Å². The fraction of sp³-hybridized carbons (Fsp3) is 0.600. The van der Waals surface area contributed by atoms with E-state index < -0.39 is 0 Å². The number of likely N-dealkylation sites (tertiary alicyclic amines) is 1. The molecular formula is C15H20N4OS. The highest BCUT2D eigenvalue weighted by Crippen LogP contribution is 2.37. The van der Waals surface area contributed by atoms with Crippen LogP contribution in [0.3, 0.4) is 0 Å². The van der Waals surface area contributed by atoms with Crippen molar-refractivity contribution in [1.29, 1.82) is 0 Å². The average Bonchev–Trinajstić information content (AvgIpc) is 3.08. The van der Waals surface area contributed by atoms with Crippen LogP contribution in [0.5, 0.6) is 0 Å². The number of fused-ring (bicyclic) bond motifs is 2. The Balaban J connectivity index is 1.57. The van der Waals surface area contributed by atoms with Crippen molar-refractivity contribution in [3.8, 4) is 0 Å². The molecule has 2 aliphatic rings. The second-order valence-corrected chi connectivity index (χ2v) is 7.28. The topological polar surface area (TPSA) is 63.6 Å². The van der Waals surface area contributed by atoms with Gasteiger partial charge in [0.1, 0.15) is 0 Å². The molecule has 21 heavy (non-hydrogen) atoms. The first kappa shape index (κ1) is 13.4. The fourth-order valence-electron chi connectivity index (χ4n) is 3.94. The van der Waals surface area contributed by atoms with E-state index in [-0.39, 0.29) is 5.56 Å². The molecule has 0 bridgehead atoms. The summed E-state index contributed by atoms with van der Waals surface area (Å²) in [5.74, 6) is 1.38. The van der Waals surface area contributed by atoms with E-state index in [1.807, 2.05) is 12.3 Å². The molecule has 2 fully saturated rings. The number of rotatable bonds is 2. The molecule has 1 aliphatic carbocycles. The lowest BCUT2D eigenvalue weighted by molar-refractivity contribution is 0.295. The van der Waals surface area contributed by atoms with Gasteiger partial charge in [-0.15, -0.1) is 11.3 Å². The highest BCUT2D eigenvalue weighted by molar-refractivity contribution is 7.15. The van der Waals surface area contributed by atoms with Gasteiger partial charge in [0.25, 0.3) is 5.56 Å². The van der Waals surface area contributed by atoms with E-state index in [2.05, 4.69) is 9.88 Å². The van der Waals surface area contributed by atoms with Crippen LogP contribution in [0.2, 0.25) is 0 Å².